The minimum atomic E-state index is -1.60. The van der Waals surface area contributed by atoms with Gasteiger partial charge >= 0.3 is 0 Å². The lowest BCUT2D eigenvalue weighted by molar-refractivity contribution is -0.907. The molecule has 2 aromatic rings. The van der Waals surface area contributed by atoms with E-state index in [0.717, 1.165) is 22.6 Å². The van der Waals surface area contributed by atoms with Gasteiger partial charge in [0.2, 0.25) is 0 Å². The molecule has 2 atom stereocenters. The SMILES string of the molecule is CC(C)c1ccc(C[NH+](C)[C@H](C)C(=O)Nc2ccc(F)c(F)c2F)cc1. The number of rotatable bonds is 6. The van der Waals surface area contributed by atoms with Crippen molar-refractivity contribution in [3.63, 3.8) is 0 Å². The second-order valence-electron chi connectivity index (χ2n) is 6.85. The molecule has 2 aromatic carbocycles. The summed E-state index contributed by atoms with van der Waals surface area (Å²) in [5, 5.41) is 2.33. The summed E-state index contributed by atoms with van der Waals surface area (Å²) in [5.74, 6) is -4.30. The van der Waals surface area contributed by atoms with E-state index in [4.69, 9.17) is 0 Å². The molecule has 2 rings (SSSR count). The number of hydrogen-bond acceptors (Lipinski definition) is 1. The van der Waals surface area contributed by atoms with E-state index >= 15 is 0 Å². The largest absolute Gasteiger partial charge is 0.324 e. The third-order valence-electron chi connectivity index (χ3n) is 4.55. The maximum absolute atomic E-state index is 13.7. The first-order valence-corrected chi connectivity index (χ1v) is 8.56. The van der Waals surface area contributed by atoms with E-state index < -0.39 is 29.4 Å². The molecule has 3 nitrogen and oxygen atoms in total. The number of nitrogens with one attached hydrogen (secondary N) is 2. The first-order chi connectivity index (χ1) is 12.2. The van der Waals surface area contributed by atoms with Gasteiger partial charge in [0.25, 0.3) is 5.91 Å². The van der Waals surface area contributed by atoms with Gasteiger partial charge in [-0.3, -0.25) is 4.79 Å². The lowest BCUT2D eigenvalue weighted by atomic mass is 10.0. The Kier molecular flexibility index (Phi) is 6.42. The molecule has 0 spiro atoms. The highest BCUT2D eigenvalue weighted by atomic mass is 19.2. The third-order valence-corrected chi connectivity index (χ3v) is 4.55. The summed E-state index contributed by atoms with van der Waals surface area (Å²) in [4.78, 5) is 13.2. The van der Waals surface area contributed by atoms with Crippen LogP contribution in [0.3, 0.4) is 0 Å². The Balaban J connectivity index is 2.02. The summed E-state index contributed by atoms with van der Waals surface area (Å²) >= 11 is 0. The summed E-state index contributed by atoms with van der Waals surface area (Å²) in [7, 11) is 1.85. The third kappa shape index (κ3) is 4.64. The van der Waals surface area contributed by atoms with Gasteiger partial charge in [-0.1, -0.05) is 38.1 Å². The molecule has 0 heterocycles. The van der Waals surface area contributed by atoms with Crippen LogP contribution in [0.25, 0.3) is 0 Å². The zero-order valence-corrected chi connectivity index (χ0v) is 15.4. The second kappa shape index (κ2) is 8.36. The van der Waals surface area contributed by atoms with Crippen LogP contribution in [-0.2, 0) is 11.3 Å². The van der Waals surface area contributed by atoms with E-state index in [1.165, 1.54) is 5.56 Å². The normalized spacial score (nSPS) is 13.5. The van der Waals surface area contributed by atoms with E-state index in [1.807, 2.05) is 19.2 Å². The Morgan fingerprint density at radius 3 is 2.19 bits per heavy atom. The Labute approximate surface area is 151 Å². The van der Waals surface area contributed by atoms with Gasteiger partial charge in [-0.05, 0) is 30.5 Å². The van der Waals surface area contributed by atoms with Crippen molar-refractivity contribution in [2.45, 2.75) is 39.3 Å². The Hall–Kier alpha value is -2.34. The molecule has 6 heteroatoms. The Bertz CT molecular complexity index is 775. The van der Waals surface area contributed by atoms with E-state index in [9.17, 15) is 18.0 Å². The highest BCUT2D eigenvalue weighted by molar-refractivity contribution is 5.93. The van der Waals surface area contributed by atoms with Gasteiger partial charge in [0.15, 0.2) is 23.5 Å². The molecule has 0 aliphatic rings. The molecular weight excluding hydrogens is 341 g/mol. The summed E-state index contributed by atoms with van der Waals surface area (Å²) in [6.45, 7) is 6.55. The van der Waals surface area contributed by atoms with Crippen molar-refractivity contribution in [3.05, 3.63) is 65.0 Å². The van der Waals surface area contributed by atoms with Crippen LogP contribution in [0.15, 0.2) is 36.4 Å². The first kappa shape index (κ1) is 20.0. The quantitative estimate of drug-likeness (QED) is 0.757. The summed E-state index contributed by atoms with van der Waals surface area (Å²) in [6, 6.07) is 9.47. The van der Waals surface area contributed by atoms with Crippen molar-refractivity contribution in [2.75, 3.05) is 12.4 Å². The number of carbonyl (C=O) groups is 1. The molecule has 0 aromatic heterocycles. The van der Waals surface area contributed by atoms with Gasteiger partial charge in [0, 0.05) is 5.56 Å². The zero-order valence-electron chi connectivity index (χ0n) is 15.4. The van der Waals surface area contributed by atoms with Gasteiger partial charge in [-0.15, -0.1) is 0 Å². The number of amides is 1. The minimum Gasteiger partial charge on any atom is -0.324 e. The van der Waals surface area contributed by atoms with Crippen molar-refractivity contribution in [3.8, 4) is 0 Å². The van der Waals surface area contributed by atoms with Crippen molar-refractivity contribution >= 4 is 11.6 Å². The van der Waals surface area contributed by atoms with E-state index in [-0.39, 0.29) is 5.69 Å². The number of quaternary nitrogens is 1. The molecule has 1 amide bonds. The molecule has 0 fully saturated rings. The second-order valence-corrected chi connectivity index (χ2v) is 6.85. The van der Waals surface area contributed by atoms with Crippen LogP contribution in [0.2, 0.25) is 0 Å². The van der Waals surface area contributed by atoms with Crippen molar-refractivity contribution in [2.24, 2.45) is 0 Å². The predicted molar refractivity (Wildman–Crippen MR) is 95.5 cm³/mol. The maximum Gasteiger partial charge on any atom is 0.282 e. The molecule has 0 saturated carbocycles. The predicted octanol–water partition coefficient (Wildman–Crippen LogP) is 3.27. The first-order valence-electron chi connectivity index (χ1n) is 8.56. The number of hydrogen-bond donors (Lipinski definition) is 2. The molecule has 140 valence electrons. The van der Waals surface area contributed by atoms with Crippen LogP contribution in [0.1, 0.15) is 37.8 Å². The van der Waals surface area contributed by atoms with Crippen LogP contribution in [-0.4, -0.2) is 19.0 Å². The van der Waals surface area contributed by atoms with E-state index in [1.54, 1.807) is 6.92 Å². The van der Waals surface area contributed by atoms with Crippen molar-refractivity contribution in [1.82, 2.24) is 0 Å². The summed E-state index contributed by atoms with van der Waals surface area (Å²) in [6.07, 6.45) is 0. The van der Waals surface area contributed by atoms with E-state index in [2.05, 4.69) is 31.3 Å². The van der Waals surface area contributed by atoms with Crippen LogP contribution in [0, 0.1) is 17.5 Å². The van der Waals surface area contributed by atoms with Crippen LogP contribution in [0.5, 0.6) is 0 Å². The van der Waals surface area contributed by atoms with Crippen molar-refractivity contribution in [1.29, 1.82) is 0 Å². The van der Waals surface area contributed by atoms with Gasteiger partial charge in [0.05, 0.1) is 12.7 Å². The smallest absolute Gasteiger partial charge is 0.282 e. The fourth-order valence-electron chi connectivity index (χ4n) is 2.58. The fourth-order valence-corrected chi connectivity index (χ4v) is 2.58. The standard InChI is InChI=1S/C20H23F3N2O/c1-12(2)15-7-5-14(6-8-15)11-25(4)13(3)20(26)24-17-10-9-16(21)18(22)19(17)23/h5-10,12-13H,11H2,1-4H3,(H,24,26)/p+1/t13-/m1/s1. The Morgan fingerprint density at radius 1 is 1.00 bits per heavy atom. The monoisotopic (exact) mass is 365 g/mol. The average Bonchev–Trinajstić information content (AvgIpc) is 2.61. The number of carbonyl (C=O) groups excluding carboxylic acids is 1. The molecular formula is C20H24F3N2O+. The maximum atomic E-state index is 13.7. The molecule has 26 heavy (non-hydrogen) atoms. The van der Waals surface area contributed by atoms with Gasteiger partial charge in [-0.25, -0.2) is 13.2 Å². The number of benzene rings is 2. The lowest BCUT2D eigenvalue weighted by Gasteiger charge is -2.21. The molecule has 1 unspecified atom stereocenters. The van der Waals surface area contributed by atoms with E-state index in [0.29, 0.717) is 12.5 Å². The fraction of sp³-hybridized carbons (Fsp3) is 0.350. The summed E-state index contributed by atoms with van der Waals surface area (Å²) < 4.78 is 39.9. The molecule has 0 bridgehead atoms. The molecule has 0 aliphatic heterocycles. The lowest BCUT2D eigenvalue weighted by Crippen LogP contribution is -3.12. The summed E-state index contributed by atoms with van der Waals surface area (Å²) in [5.41, 5.74) is 1.95. The van der Waals surface area contributed by atoms with Crippen molar-refractivity contribution < 1.29 is 22.9 Å². The zero-order chi connectivity index (χ0) is 19.4. The number of anilines is 1. The highest BCUT2D eigenvalue weighted by Gasteiger charge is 2.24. The van der Waals surface area contributed by atoms with Gasteiger partial charge in [0.1, 0.15) is 6.54 Å². The highest BCUT2D eigenvalue weighted by Crippen LogP contribution is 2.19. The van der Waals surface area contributed by atoms with Gasteiger partial charge < -0.3 is 10.2 Å². The minimum absolute atomic E-state index is 0.366. The Morgan fingerprint density at radius 2 is 1.62 bits per heavy atom. The van der Waals surface area contributed by atoms with Crippen LogP contribution >= 0.6 is 0 Å². The van der Waals surface area contributed by atoms with Gasteiger partial charge in [-0.2, -0.15) is 0 Å². The molecule has 2 N–H and O–H groups in total. The van der Waals surface area contributed by atoms with Crippen LogP contribution < -0.4 is 10.2 Å². The topological polar surface area (TPSA) is 33.5 Å². The molecule has 0 saturated heterocycles. The van der Waals surface area contributed by atoms with Crippen LogP contribution in [0.4, 0.5) is 18.9 Å². The average molecular weight is 365 g/mol. The number of halogens is 3. The number of likely N-dealkylation sites (N-methyl/N-ethyl adjacent to an activating group) is 1. The molecule has 0 aliphatic carbocycles. The molecule has 0 radical (unpaired) electrons.